The van der Waals surface area contributed by atoms with Crippen LogP contribution in [-0.4, -0.2) is 15.1 Å². The molecule has 1 aliphatic carbocycles. The number of thiazole rings is 1. The highest BCUT2D eigenvalue weighted by Crippen LogP contribution is 2.42. The lowest BCUT2D eigenvalue weighted by molar-refractivity contribution is 0.261. The minimum absolute atomic E-state index is 0.255. The number of benzene rings is 1. The Balaban J connectivity index is 1.51. The van der Waals surface area contributed by atoms with Gasteiger partial charge in [-0.15, -0.1) is 11.3 Å². The molecule has 1 fully saturated rings. The summed E-state index contributed by atoms with van der Waals surface area (Å²) < 4.78 is 5.50. The van der Waals surface area contributed by atoms with Crippen LogP contribution in [0.4, 0.5) is 0 Å². The summed E-state index contributed by atoms with van der Waals surface area (Å²) in [5, 5.41) is 7.12. The van der Waals surface area contributed by atoms with Gasteiger partial charge in [0.15, 0.2) is 0 Å². The van der Waals surface area contributed by atoms with E-state index in [-0.39, 0.29) is 5.41 Å². The first kappa shape index (κ1) is 16.5. The van der Waals surface area contributed by atoms with Crippen molar-refractivity contribution in [1.29, 1.82) is 0 Å². The molecule has 25 heavy (non-hydrogen) atoms. The number of hydrogen-bond donors (Lipinski definition) is 0. The summed E-state index contributed by atoms with van der Waals surface area (Å²) in [6.07, 6.45) is 8.36. The maximum atomic E-state index is 5.50. The summed E-state index contributed by atoms with van der Waals surface area (Å²) in [5.41, 5.74) is 2.53. The first-order chi connectivity index (χ1) is 12.3. The van der Waals surface area contributed by atoms with Crippen LogP contribution in [-0.2, 0) is 11.8 Å². The molecule has 1 aliphatic rings. The van der Waals surface area contributed by atoms with E-state index in [1.807, 2.05) is 12.3 Å². The molecule has 0 N–H and O–H groups in total. The average Bonchev–Trinajstić information content (AvgIpc) is 3.30. The van der Waals surface area contributed by atoms with E-state index in [1.54, 1.807) is 11.3 Å². The van der Waals surface area contributed by atoms with Gasteiger partial charge >= 0.3 is 0 Å². The van der Waals surface area contributed by atoms with Crippen molar-refractivity contribution >= 4 is 11.3 Å². The topological polar surface area (TPSA) is 51.8 Å². The van der Waals surface area contributed by atoms with Gasteiger partial charge in [-0.2, -0.15) is 4.98 Å². The van der Waals surface area contributed by atoms with Crippen LogP contribution in [0.1, 0.15) is 55.0 Å². The molecular weight excluding hydrogens is 330 g/mol. The lowest BCUT2D eigenvalue weighted by atomic mass is 9.67. The summed E-state index contributed by atoms with van der Waals surface area (Å²) >= 11 is 1.61. The Morgan fingerprint density at radius 2 is 1.88 bits per heavy atom. The molecule has 0 aliphatic heterocycles. The average molecular weight is 353 g/mol. The number of hydrogen-bond acceptors (Lipinski definition) is 5. The van der Waals surface area contributed by atoms with E-state index >= 15 is 0 Å². The third-order valence-electron chi connectivity index (χ3n) is 5.33. The molecule has 4 nitrogen and oxygen atoms in total. The Morgan fingerprint density at radius 1 is 1.08 bits per heavy atom. The minimum atomic E-state index is 0.255. The van der Waals surface area contributed by atoms with E-state index in [2.05, 4.69) is 45.5 Å². The fourth-order valence-electron chi connectivity index (χ4n) is 3.98. The van der Waals surface area contributed by atoms with Crippen LogP contribution in [0.2, 0.25) is 0 Å². The van der Waals surface area contributed by atoms with Gasteiger partial charge in [-0.1, -0.05) is 54.8 Å². The molecular formula is C20H23N3OS. The van der Waals surface area contributed by atoms with Gasteiger partial charge in [0.1, 0.15) is 5.69 Å². The number of aryl methyl sites for hydroxylation is 2. The maximum Gasteiger partial charge on any atom is 0.227 e. The summed E-state index contributed by atoms with van der Waals surface area (Å²) in [4.78, 5) is 9.01. The molecule has 5 heteroatoms. The molecule has 1 aromatic carbocycles. The normalized spacial score (nSPS) is 16.8. The van der Waals surface area contributed by atoms with Crippen LogP contribution in [0, 0.1) is 6.92 Å². The molecule has 0 radical (unpaired) electrons. The highest BCUT2D eigenvalue weighted by Gasteiger charge is 2.33. The third kappa shape index (κ3) is 3.52. The number of rotatable bonds is 5. The Bertz CT molecular complexity index is 818. The first-order valence-electron chi connectivity index (χ1n) is 9.06. The van der Waals surface area contributed by atoms with E-state index in [0.717, 1.165) is 29.4 Å². The van der Waals surface area contributed by atoms with Crippen molar-refractivity contribution in [3.8, 4) is 11.5 Å². The van der Waals surface area contributed by atoms with Gasteiger partial charge in [0.05, 0.1) is 5.01 Å². The van der Waals surface area contributed by atoms with Crippen molar-refractivity contribution in [3.05, 3.63) is 52.2 Å². The van der Waals surface area contributed by atoms with Crippen LogP contribution in [0.15, 0.2) is 40.2 Å². The molecule has 4 rings (SSSR count). The van der Waals surface area contributed by atoms with Crippen LogP contribution >= 0.6 is 11.3 Å². The smallest absolute Gasteiger partial charge is 0.227 e. The summed E-state index contributed by atoms with van der Waals surface area (Å²) in [7, 11) is 0. The van der Waals surface area contributed by atoms with Crippen molar-refractivity contribution in [2.24, 2.45) is 0 Å². The van der Waals surface area contributed by atoms with Gasteiger partial charge in [0.2, 0.25) is 11.7 Å². The standard InChI is InChI=1S/C20H23N3OS/c1-15-21-17(14-25-15)19-22-18(24-23-19)10-13-20(11-6-3-7-12-20)16-8-4-2-5-9-16/h2,4-5,8-9,14H,3,6-7,10-13H2,1H3. The van der Waals surface area contributed by atoms with Crippen LogP contribution in [0.25, 0.3) is 11.5 Å². The lowest BCUT2D eigenvalue weighted by Crippen LogP contribution is -2.29. The largest absolute Gasteiger partial charge is 0.339 e. The zero-order valence-electron chi connectivity index (χ0n) is 14.6. The van der Waals surface area contributed by atoms with Gasteiger partial charge in [0.25, 0.3) is 0 Å². The van der Waals surface area contributed by atoms with E-state index in [9.17, 15) is 0 Å². The third-order valence-corrected chi connectivity index (χ3v) is 6.10. The van der Waals surface area contributed by atoms with Crippen LogP contribution in [0.5, 0.6) is 0 Å². The highest BCUT2D eigenvalue weighted by atomic mass is 32.1. The predicted octanol–water partition coefficient (Wildman–Crippen LogP) is 5.34. The van der Waals surface area contributed by atoms with Crippen molar-refractivity contribution in [2.45, 2.75) is 57.3 Å². The molecule has 0 saturated heterocycles. The predicted molar refractivity (Wildman–Crippen MR) is 99.7 cm³/mol. The van der Waals surface area contributed by atoms with Crippen LogP contribution in [0.3, 0.4) is 0 Å². The van der Waals surface area contributed by atoms with E-state index in [4.69, 9.17) is 4.52 Å². The van der Waals surface area contributed by atoms with Crippen molar-refractivity contribution in [3.63, 3.8) is 0 Å². The quantitative estimate of drug-likeness (QED) is 0.621. The number of nitrogens with zero attached hydrogens (tertiary/aromatic N) is 3. The molecule has 0 amide bonds. The molecule has 1 saturated carbocycles. The van der Waals surface area contributed by atoms with E-state index < -0.39 is 0 Å². The van der Waals surface area contributed by atoms with Gasteiger partial charge < -0.3 is 4.52 Å². The second-order valence-corrected chi connectivity index (χ2v) is 8.03. The Kier molecular flexibility index (Phi) is 4.66. The Hall–Kier alpha value is -2.01. The molecule has 2 heterocycles. The Labute approximate surface area is 152 Å². The van der Waals surface area contributed by atoms with Gasteiger partial charge in [0, 0.05) is 11.8 Å². The van der Waals surface area contributed by atoms with Gasteiger partial charge in [-0.05, 0) is 37.2 Å². The van der Waals surface area contributed by atoms with Crippen molar-refractivity contribution in [2.75, 3.05) is 0 Å². The molecule has 3 aromatic rings. The summed E-state index contributed by atoms with van der Waals surface area (Å²) in [6.45, 7) is 1.99. The van der Waals surface area contributed by atoms with Gasteiger partial charge in [-0.25, -0.2) is 4.98 Å². The van der Waals surface area contributed by atoms with Crippen molar-refractivity contribution in [1.82, 2.24) is 15.1 Å². The van der Waals surface area contributed by atoms with E-state index in [1.165, 1.54) is 37.7 Å². The molecule has 0 bridgehead atoms. The minimum Gasteiger partial charge on any atom is -0.339 e. The Morgan fingerprint density at radius 3 is 2.60 bits per heavy atom. The van der Waals surface area contributed by atoms with Crippen molar-refractivity contribution < 1.29 is 4.52 Å². The molecule has 0 atom stereocenters. The van der Waals surface area contributed by atoms with Crippen LogP contribution < -0.4 is 0 Å². The highest BCUT2D eigenvalue weighted by molar-refractivity contribution is 7.09. The first-order valence-corrected chi connectivity index (χ1v) is 9.94. The molecule has 0 spiro atoms. The summed E-state index contributed by atoms with van der Waals surface area (Å²) in [6, 6.07) is 11.0. The molecule has 130 valence electrons. The molecule has 0 unspecified atom stereocenters. The molecule has 2 aromatic heterocycles. The summed E-state index contributed by atoms with van der Waals surface area (Å²) in [5.74, 6) is 1.33. The second kappa shape index (κ2) is 7.08. The lowest BCUT2D eigenvalue weighted by Gasteiger charge is -2.38. The maximum absolute atomic E-state index is 5.50. The second-order valence-electron chi connectivity index (χ2n) is 6.97. The monoisotopic (exact) mass is 353 g/mol. The zero-order chi connectivity index (χ0) is 17.1. The zero-order valence-corrected chi connectivity index (χ0v) is 15.4. The van der Waals surface area contributed by atoms with Gasteiger partial charge in [-0.3, -0.25) is 0 Å². The number of aromatic nitrogens is 3. The van der Waals surface area contributed by atoms with E-state index in [0.29, 0.717) is 5.82 Å². The fourth-order valence-corrected chi connectivity index (χ4v) is 4.57. The SMILES string of the molecule is Cc1nc(-c2noc(CCC3(c4ccccc4)CCCCC3)n2)cs1. The fraction of sp³-hybridized carbons (Fsp3) is 0.450.